The Morgan fingerprint density at radius 1 is 1.09 bits per heavy atom. The lowest BCUT2D eigenvalue weighted by molar-refractivity contribution is -0.119. The first-order chi connectivity index (χ1) is 11.0. The van der Waals surface area contributed by atoms with Crippen molar-refractivity contribution in [2.24, 2.45) is 0 Å². The van der Waals surface area contributed by atoms with Gasteiger partial charge in [-0.3, -0.25) is 9.59 Å². The largest absolute Gasteiger partial charge is 0.452 e. The minimum atomic E-state index is -0.806. The molecule has 0 bridgehead atoms. The van der Waals surface area contributed by atoms with Crippen molar-refractivity contribution < 1.29 is 23.5 Å². The van der Waals surface area contributed by atoms with Crippen LogP contribution in [0, 0.1) is 5.82 Å². The highest BCUT2D eigenvalue weighted by molar-refractivity contribution is 6.04. The smallest absolute Gasteiger partial charge is 0.338 e. The van der Waals surface area contributed by atoms with Gasteiger partial charge in [-0.15, -0.1) is 0 Å². The average molecular weight is 315 g/mol. The molecule has 1 amide bonds. The van der Waals surface area contributed by atoms with Gasteiger partial charge in [-0.2, -0.15) is 0 Å². The Kier molecular flexibility index (Phi) is 5.19. The molecular formula is C17H14FNO4. The maximum atomic E-state index is 13.0. The number of rotatable bonds is 5. The third-order valence-electron chi connectivity index (χ3n) is 2.98. The van der Waals surface area contributed by atoms with E-state index >= 15 is 0 Å². The highest BCUT2D eigenvalue weighted by atomic mass is 19.1. The van der Waals surface area contributed by atoms with Crippen LogP contribution < -0.4 is 5.32 Å². The predicted octanol–water partition coefficient (Wildman–Crippen LogP) is 2.82. The average Bonchev–Trinajstić information content (AvgIpc) is 2.53. The number of esters is 1. The number of ketones is 1. The Morgan fingerprint density at radius 2 is 1.83 bits per heavy atom. The van der Waals surface area contributed by atoms with Crippen LogP contribution in [-0.4, -0.2) is 24.3 Å². The summed E-state index contributed by atoms with van der Waals surface area (Å²) in [6, 6.07) is 11.5. The lowest BCUT2D eigenvalue weighted by Gasteiger charge is -2.09. The number of anilines is 1. The predicted molar refractivity (Wildman–Crippen MR) is 81.8 cm³/mol. The topological polar surface area (TPSA) is 72.5 Å². The third kappa shape index (κ3) is 4.47. The Bertz CT molecular complexity index is 758. The number of ether oxygens (including phenoxy) is 1. The molecule has 5 nitrogen and oxygen atoms in total. The molecule has 1 N–H and O–H groups in total. The molecule has 0 aliphatic carbocycles. The highest BCUT2D eigenvalue weighted by Gasteiger charge is 2.13. The van der Waals surface area contributed by atoms with Crippen LogP contribution >= 0.6 is 0 Å². The zero-order valence-corrected chi connectivity index (χ0v) is 12.3. The summed E-state index contributed by atoms with van der Waals surface area (Å²) in [5.41, 5.74) is 0.714. The molecule has 0 saturated heterocycles. The first kappa shape index (κ1) is 16.4. The van der Waals surface area contributed by atoms with Crippen molar-refractivity contribution in [3.8, 4) is 0 Å². The van der Waals surface area contributed by atoms with Gasteiger partial charge in [0, 0.05) is 5.56 Å². The van der Waals surface area contributed by atoms with E-state index in [4.69, 9.17) is 4.74 Å². The number of Topliss-reactive ketones (excluding diaryl/α,β-unsaturated/α-hetero) is 1. The van der Waals surface area contributed by atoms with Crippen molar-refractivity contribution >= 4 is 23.3 Å². The standard InChI is InChI=1S/C17H14FNO4/c1-11(20)14-7-2-3-8-15(14)19-16(21)10-23-17(22)12-5-4-6-13(18)9-12/h2-9H,10H2,1H3,(H,19,21). The summed E-state index contributed by atoms with van der Waals surface area (Å²) < 4.78 is 17.8. The third-order valence-corrected chi connectivity index (χ3v) is 2.98. The molecule has 0 saturated carbocycles. The molecule has 2 aromatic rings. The molecule has 118 valence electrons. The van der Waals surface area contributed by atoms with Crippen molar-refractivity contribution in [1.29, 1.82) is 0 Å². The molecule has 0 spiro atoms. The second-order valence-electron chi connectivity index (χ2n) is 4.74. The number of hydrogen-bond donors (Lipinski definition) is 1. The van der Waals surface area contributed by atoms with E-state index in [9.17, 15) is 18.8 Å². The Labute approximate surface area is 132 Å². The summed E-state index contributed by atoms with van der Waals surface area (Å²) in [6.07, 6.45) is 0. The molecule has 2 rings (SSSR count). The molecule has 23 heavy (non-hydrogen) atoms. The van der Waals surface area contributed by atoms with Crippen LogP contribution in [-0.2, 0) is 9.53 Å². The summed E-state index contributed by atoms with van der Waals surface area (Å²) in [7, 11) is 0. The van der Waals surface area contributed by atoms with E-state index in [1.165, 1.54) is 25.1 Å². The number of carbonyl (C=O) groups is 3. The van der Waals surface area contributed by atoms with E-state index in [1.54, 1.807) is 24.3 Å². The normalized spacial score (nSPS) is 10.0. The van der Waals surface area contributed by atoms with E-state index in [1.807, 2.05) is 0 Å². The maximum absolute atomic E-state index is 13.0. The van der Waals surface area contributed by atoms with Crippen LogP contribution in [0.4, 0.5) is 10.1 Å². The van der Waals surface area contributed by atoms with Gasteiger partial charge in [0.1, 0.15) is 5.82 Å². The van der Waals surface area contributed by atoms with Gasteiger partial charge in [0.15, 0.2) is 12.4 Å². The number of amides is 1. The number of nitrogens with one attached hydrogen (secondary N) is 1. The number of carbonyl (C=O) groups excluding carboxylic acids is 3. The first-order valence-electron chi connectivity index (χ1n) is 6.80. The summed E-state index contributed by atoms with van der Waals surface area (Å²) in [6.45, 7) is 0.844. The second kappa shape index (κ2) is 7.31. The van der Waals surface area contributed by atoms with E-state index in [2.05, 4.69) is 5.32 Å². The SMILES string of the molecule is CC(=O)c1ccccc1NC(=O)COC(=O)c1cccc(F)c1. The number of halogens is 1. The molecule has 0 unspecified atom stereocenters. The lowest BCUT2D eigenvalue weighted by atomic mass is 10.1. The Hall–Kier alpha value is -3.02. The van der Waals surface area contributed by atoms with E-state index in [0.717, 1.165) is 6.07 Å². The fourth-order valence-electron chi connectivity index (χ4n) is 1.92. The van der Waals surface area contributed by atoms with Crippen LogP contribution in [0.15, 0.2) is 48.5 Å². The highest BCUT2D eigenvalue weighted by Crippen LogP contribution is 2.15. The van der Waals surface area contributed by atoms with Crippen molar-refractivity contribution in [2.75, 3.05) is 11.9 Å². The summed E-state index contributed by atoms with van der Waals surface area (Å²) >= 11 is 0. The van der Waals surface area contributed by atoms with Gasteiger partial charge in [-0.05, 0) is 37.3 Å². The summed E-state index contributed by atoms with van der Waals surface area (Å²) in [5.74, 6) is -2.17. The molecule has 2 aromatic carbocycles. The van der Waals surface area contributed by atoms with Crippen LogP contribution in [0.5, 0.6) is 0 Å². The summed E-state index contributed by atoms with van der Waals surface area (Å²) in [5, 5.41) is 2.50. The zero-order valence-electron chi connectivity index (χ0n) is 12.3. The van der Waals surface area contributed by atoms with Crippen molar-refractivity contribution in [3.05, 3.63) is 65.5 Å². The monoisotopic (exact) mass is 315 g/mol. The fourth-order valence-corrected chi connectivity index (χ4v) is 1.92. The number of benzene rings is 2. The molecule has 0 radical (unpaired) electrons. The molecule has 0 fully saturated rings. The maximum Gasteiger partial charge on any atom is 0.338 e. The molecule has 0 aliphatic heterocycles. The number of para-hydroxylation sites is 1. The molecular weight excluding hydrogens is 301 g/mol. The summed E-state index contributed by atoms with van der Waals surface area (Å²) in [4.78, 5) is 35.0. The van der Waals surface area contributed by atoms with Gasteiger partial charge in [0.25, 0.3) is 5.91 Å². The fraction of sp³-hybridized carbons (Fsp3) is 0.118. The van der Waals surface area contributed by atoms with E-state index in [0.29, 0.717) is 11.3 Å². The molecule has 0 aromatic heterocycles. The van der Waals surface area contributed by atoms with Crippen LogP contribution in [0.3, 0.4) is 0 Å². The quantitative estimate of drug-likeness (QED) is 0.680. The van der Waals surface area contributed by atoms with Crippen LogP contribution in [0.1, 0.15) is 27.6 Å². The van der Waals surface area contributed by atoms with E-state index in [-0.39, 0.29) is 11.3 Å². The Balaban J connectivity index is 1.96. The van der Waals surface area contributed by atoms with Crippen LogP contribution in [0.25, 0.3) is 0 Å². The first-order valence-corrected chi connectivity index (χ1v) is 6.80. The van der Waals surface area contributed by atoms with Gasteiger partial charge in [0.05, 0.1) is 11.3 Å². The van der Waals surface area contributed by atoms with E-state index < -0.39 is 24.3 Å². The van der Waals surface area contributed by atoms with Crippen molar-refractivity contribution in [1.82, 2.24) is 0 Å². The second-order valence-corrected chi connectivity index (χ2v) is 4.74. The van der Waals surface area contributed by atoms with Gasteiger partial charge in [0.2, 0.25) is 0 Å². The van der Waals surface area contributed by atoms with Gasteiger partial charge in [-0.25, -0.2) is 9.18 Å². The van der Waals surface area contributed by atoms with Crippen molar-refractivity contribution in [2.45, 2.75) is 6.92 Å². The van der Waals surface area contributed by atoms with Crippen molar-refractivity contribution in [3.63, 3.8) is 0 Å². The molecule has 0 heterocycles. The van der Waals surface area contributed by atoms with Gasteiger partial charge in [-0.1, -0.05) is 18.2 Å². The zero-order chi connectivity index (χ0) is 16.8. The van der Waals surface area contributed by atoms with Gasteiger partial charge >= 0.3 is 5.97 Å². The Morgan fingerprint density at radius 3 is 2.52 bits per heavy atom. The molecule has 0 aliphatic rings. The lowest BCUT2D eigenvalue weighted by Crippen LogP contribution is -2.22. The number of hydrogen-bond acceptors (Lipinski definition) is 4. The minimum absolute atomic E-state index is 0.0157. The molecule has 6 heteroatoms. The van der Waals surface area contributed by atoms with Gasteiger partial charge < -0.3 is 10.1 Å². The van der Waals surface area contributed by atoms with Crippen LogP contribution in [0.2, 0.25) is 0 Å². The molecule has 0 atom stereocenters. The minimum Gasteiger partial charge on any atom is -0.452 e.